The van der Waals surface area contributed by atoms with Crippen LogP contribution in [0, 0.1) is 0 Å². The molecule has 0 bridgehead atoms. The van der Waals surface area contributed by atoms with E-state index in [1.807, 2.05) is 0 Å². The second kappa shape index (κ2) is 16.6. The molecule has 0 aromatic heterocycles. The minimum atomic E-state index is -0.974. The number of unbranched alkanes of at least 4 members (excludes halogenated alkanes) is 7. The lowest BCUT2D eigenvalue weighted by molar-refractivity contribution is -0.158. The summed E-state index contributed by atoms with van der Waals surface area (Å²) in [7, 11) is 0. The van der Waals surface area contributed by atoms with Gasteiger partial charge in [-0.05, 0) is 25.7 Å². The highest BCUT2D eigenvalue weighted by Gasteiger charge is 2.22. The van der Waals surface area contributed by atoms with Crippen LogP contribution in [0.4, 0.5) is 0 Å². The number of carbonyl (C=O) groups is 3. The number of carbonyl (C=O) groups excluding carboxylic acids is 2. The average Bonchev–Trinajstić information content (AvgIpc) is 2.56. The molecule has 0 aromatic carbocycles. The van der Waals surface area contributed by atoms with Gasteiger partial charge >= 0.3 is 17.9 Å². The summed E-state index contributed by atoms with van der Waals surface area (Å²) >= 11 is 0. The van der Waals surface area contributed by atoms with Crippen LogP contribution in [0.2, 0.25) is 0 Å². The molecule has 0 saturated carbocycles. The maximum absolute atomic E-state index is 12.2. The van der Waals surface area contributed by atoms with Crippen LogP contribution in [0.15, 0.2) is 0 Å². The van der Waals surface area contributed by atoms with Crippen molar-refractivity contribution in [2.75, 3.05) is 0 Å². The van der Waals surface area contributed by atoms with Gasteiger partial charge in [-0.25, -0.2) is 0 Å². The second-order valence-corrected chi connectivity index (χ2v) is 7.20. The largest absolute Gasteiger partial charge is 0.481 e. The van der Waals surface area contributed by atoms with E-state index < -0.39 is 30.1 Å². The average molecular weight is 387 g/mol. The summed E-state index contributed by atoms with van der Waals surface area (Å²) in [6.07, 6.45) is 9.32. The van der Waals surface area contributed by atoms with Crippen molar-refractivity contribution in [1.82, 2.24) is 0 Å². The molecule has 0 spiro atoms. The van der Waals surface area contributed by atoms with Crippen molar-refractivity contribution in [3.8, 4) is 0 Å². The van der Waals surface area contributed by atoms with E-state index in [0.717, 1.165) is 38.5 Å². The molecule has 0 aromatic rings. The van der Waals surface area contributed by atoms with Crippen LogP contribution in [-0.4, -0.2) is 35.2 Å². The molecule has 0 fully saturated rings. The molecule has 0 unspecified atom stereocenters. The minimum absolute atomic E-state index is 0.0179. The Morgan fingerprint density at radius 3 is 1.78 bits per heavy atom. The first kappa shape index (κ1) is 25.4. The highest BCUT2D eigenvalue weighted by molar-refractivity contribution is 5.72. The molecule has 27 heavy (non-hydrogen) atoms. The van der Waals surface area contributed by atoms with Crippen LogP contribution in [0.3, 0.4) is 0 Å². The molecule has 6 nitrogen and oxygen atoms in total. The molecule has 0 aliphatic carbocycles. The SMILES string of the molecule is CCCCCCCC[C@H](CC(=O)O)OC(=O)C[C@@H](CCCCC)OC(C)=O. The highest BCUT2D eigenvalue weighted by atomic mass is 16.6. The van der Waals surface area contributed by atoms with Gasteiger partial charge in [0.05, 0.1) is 12.8 Å². The quantitative estimate of drug-likeness (QED) is 0.279. The van der Waals surface area contributed by atoms with E-state index >= 15 is 0 Å². The fourth-order valence-corrected chi connectivity index (χ4v) is 3.03. The summed E-state index contributed by atoms with van der Waals surface area (Å²) in [5, 5.41) is 9.05. The first-order valence-electron chi connectivity index (χ1n) is 10.5. The van der Waals surface area contributed by atoms with E-state index in [1.165, 1.54) is 26.2 Å². The first-order valence-corrected chi connectivity index (χ1v) is 10.5. The van der Waals surface area contributed by atoms with E-state index in [1.54, 1.807) is 0 Å². The lowest BCUT2D eigenvalue weighted by atomic mass is 10.0. The molecule has 0 rings (SSSR count). The van der Waals surface area contributed by atoms with Gasteiger partial charge in [0.25, 0.3) is 0 Å². The predicted octanol–water partition coefficient (Wildman–Crippen LogP) is 5.03. The van der Waals surface area contributed by atoms with E-state index in [2.05, 4.69) is 13.8 Å². The second-order valence-electron chi connectivity index (χ2n) is 7.20. The predicted molar refractivity (Wildman–Crippen MR) is 104 cm³/mol. The summed E-state index contributed by atoms with van der Waals surface area (Å²) in [4.78, 5) is 34.5. The Bertz CT molecular complexity index is 421. The Hall–Kier alpha value is -1.59. The van der Waals surface area contributed by atoms with Gasteiger partial charge < -0.3 is 14.6 Å². The number of esters is 2. The molecule has 0 radical (unpaired) electrons. The standard InChI is InChI=1S/C21H38O6/c1-4-6-8-9-10-12-14-18(15-20(23)24)27-21(25)16-19(26-17(3)22)13-11-7-5-2/h18-19H,4-16H2,1-3H3,(H,23,24)/t18-,19-/m1/s1. The molecular formula is C21H38O6. The zero-order valence-corrected chi connectivity index (χ0v) is 17.3. The number of carboxylic acid groups (broad SMARTS) is 1. The Morgan fingerprint density at radius 2 is 1.22 bits per heavy atom. The van der Waals surface area contributed by atoms with Gasteiger partial charge in [-0.1, -0.05) is 58.8 Å². The van der Waals surface area contributed by atoms with Crippen molar-refractivity contribution in [1.29, 1.82) is 0 Å². The molecule has 0 heterocycles. The van der Waals surface area contributed by atoms with Crippen LogP contribution in [0.25, 0.3) is 0 Å². The van der Waals surface area contributed by atoms with Crippen molar-refractivity contribution in [2.45, 2.75) is 116 Å². The summed E-state index contributed by atoms with van der Waals surface area (Å²) in [6.45, 7) is 5.56. The molecule has 0 aliphatic rings. The van der Waals surface area contributed by atoms with Crippen LogP contribution in [0.1, 0.15) is 104 Å². The van der Waals surface area contributed by atoms with Crippen molar-refractivity contribution >= 4 is 17.9 Å². The molecule has 2 atom stereocenters. The maximum Gasteiger partial charge on any atom is 0.309 e. The molecular weight excluding hydrogens is 348 g/mol. The van der Waals surface area contributed by atoms with Gasteiger partial charge in [0.15, 0.2) is 0 Å². The summed E-state index contributed by atoms with van der Waals surface area (Å²) < 4.78 is 10.6. The summed E-state index contributed by atoms with van der Waals surface area (Å²) in [5.41, 5.74) is 0. The van der Waals surface area contributed by atoms with Crippen molar-refractivity contribution in [2.24, 2.45) is 0 Å². The zero-order chi connectivity index (χ0) is 20.5. The third-order valence-electron chi connectivity index (χ3n) is 4.44. The smallest absolute Gasteiger partial charge is 0.309 e. The van der Waals surface area contributed by atoms with Crippen LogP contribution >= 0.6 is 0 Å². The normalized spacial score (nSPS) is 13.0. The van der Waals surface area contributed by atoms with E-state index in [-0.39, 0.29) is 12.8 Å². The van der Waals surface area contributed by atoms with Gasteiger partial charge in [0, 0.05) is 6.92 Å². The molecule has 0 saturated heterocycles. The maximum atomic E-state index is 12.2. The van der Waals surface area contributed by atoms with Crippen molar-refractivity contribution < 1.29 is 29.0 Å². The van der Waals surface area contributed by atoms with E-state index in [0.29, 0.717) is 12.8 Å². The summed E-state index contributed by atoms with van der Waals surface area (Å²) in [5.74, 6) is -1.88. The van der Waals surface area contributed by atoms with Crippen LogP contribution < -0.4 is 0 Å². The lowest BCUT2D eigenvalue weighted by Gasteiger charge is -2.20. The van der Waals surface area contributed by atoms with Gasteiger partial charge in [0.1, 0.15) is 12.2 Å². The van der Waals surface area contributed by atoms with Crippen LogP contribution in [-0.2, 0) is 23.9 Å². The number of ether oxygens (including phenoxy) is 2. The van der Waals surface area contributed by atoms with Gasteiger partial charge in [0.2, 0.25) is 0 Å². The third kappa shape index (κ3) is 16.3. The third-order valence-corrected chi connectivity index (χ3v) is 4.44. The number of hydrogen-bond acceptors (Lipinski definition) is 5. The fourth-order valence-electron chi connectivity index (χ4n) is 3.03. The first-order chi connectivity index (χ1) is 12.9. The molecule has 0 aliphatic heterocycles. The molecule has 158 valence electrons. The number of hydrogen-bond donors (Lipinski definition) is 1. The number of aliphatic carboxylic acids is 1. The molecule has 1 N–H and O–H groups in total. The fraction of sp³-hybridized carbons (Fsp3) is 0.857. The lowest BCUT2D eigenvalue weighted by Crippen LogP contribution is -2.26. The number of carboxylic acids is 1. The van der Waals surface area contributed by atoms with E-state index in [9.17, 15) is 14.4 Å². The Labute approximate surface area is 164 Å². The Balaban J connectivity index is 4.43. The van der Waals surface area contributed by atoms with Crippen molar-refractivity contribution in [3.63, 3.8) is 0 Å². The van der Waals surface area contributed by atoms with Gasteiger partial charge in [-0.3, -0.25) is 14.4 Å². The zero-order valence-electron chi connectivity index (χ0n) is 17.3. The van der Waals surface area contributed by atoms with Crippen LogP contribution in [0.5, 0.6) is 0 Å². The monoisotopic (exact) mass is 386 g/mol. The minimum Gasteiger partial charge on any atom is -0.481 e. The van der Waals surface area contributed by atoms with E-state index in [4.69, 9.17) is 14.6 Å². The number of rotatable bonds is 17. The van der Waals surface area contributed by atoms with Gasteiger partial charge in [-0.2, -0.15) is 0 Å². The van der Waals surface area contributed by atoms with Crippen molar-refractivity contribution in [3.05, 3.63) is 0 Å². The highest BCUT2D eigenvalue weighted by Crippen LogP contribution is 2.16. The summed E-state index contributed by atoms with van der Waals surface area (Å²) in [6, 6.07) is 0. The molecule has 6 heteroatoms. The van der Waals surface area contributed by atoms with Gasteiger partial charge in [-0.15, -0.1) is 0 Å². The Morgan fingerprint density at radius 1 is 0.741 bits per heavy atom. The topological polar surface area (TPSA) is 89.9 Å². The molecule has 0 amide bonds. The Kier molecular flexibility index (Phi) is 15.6.